The summed E-state index contributed by atoms with van der Waals surface area (Å²) in [6.45, 7) is 7.24. The van der Waals surface area contributed by atoms with Gasteiger partial charge in [-0.25, -0.2) is 14.8 Å². The van der Waals surface area contributed by atoms with Crippen LogP contribution in [0.1, 0.15) is 39.3 Å². The number of rotatable bonds is 7. The predicted molar refractivity (Wildman–Crippen MR) is 159 cm³/mol. The number of carboxylic acids is 1. The first kappa shape index (κ1) is 26.4. The maximum atomic E-state index is 11.6. The van der Waals surface area contributed by atoms with E-state index in [2.05, 4.69) is 49.6 Å². The van der Waals surface area contributed by atoms with E-state index in [9.17, 15) is 15.2 Å². The largest absolute Gasteiger partial charge is 0.478 e. The number of carbonyl (C=O) groups is 1. The van der Waals surface area contributed by atoms with Crippen LogP contribution in [0.25, 0.3) is 11.0 Å². The Balaban J connectivity index is 1.03. The molecule has 0 bridgehead atoms. The Morgan fingerprint density at radius 2 is 1.79 bits per heavy atom. The molecular weight excluding hydrogens is 530 g/mol. The molecule has 10 heteroatoms. The van der Waals surface area contributed by atoms with Crippen molar-refractivity contribution in [1.29, 1.82) is 5.26 Å². The van der Waals surface area contributed by atoms with Crippen LogP contribution in [0.15, 0.2) is 54.6 Å². The highest BCUT2D eigenvalue weighted by Crippen LogP contribution is 2.28. The van der Waals surface area contributed by atoms with E-state index in [1.807, 2.05) is 12.1 Å². The average molecular weight is 564 g/mol. The molecule has 10 nitrogen and oxygen atoms in total. The summed E-state index contributed by atoms with van der Waals surface area (Å²) in [6, 6.07) is 19.7. The van der Waals surface area contributed by atoms with E-state index >= 15 is 0 Å². The van der Waals surface area contributed by atoms with Crippen molar-refractivity contribution < 1.29 is 14.6 Å². The first-order valence-electron chi connectivity index (χ1n) is 14.6. The van der Waals surface area contributed by atoms with Gasteiger partial charge in [-0.3, -0.25) is 4.90 Å². The lowest BCUT2D eigenvalue weighted by Crippen LogP contribution is -2.46. The third-order valence-corrected chi connectivity index (χ3v) is 8.75. The summed E-state index contributed by atoms with van der Waals surface area (Å²) < 4.78 is 7.86. The maximum Gasteiger partial charge on any atom is 0.335 e. The lowest BCUT2D eigenvalue weighted by atomic mass is 9.95. The Hall–Kier alpha value is -4.46. The van der Waals surface area contributed by atoms with Gasteiger partial charge >= 0.3 is 5.97 Å². The van der Waals surface area contributed by atoms with Crippen LogP contribution < -0.4 is 9.80 Å². The van der Waals surface area contributed by atoms with E-state index in [-0.39, 0.29) is 11.7 Å². The number of nitriles is 1. The fraction of sp³-hybridized carbons (Fsp3) is 0.375. The van der Waals surface area contributed by atoms with E-state index in [1.165, 1.54) is 11.1 Å². The van der Waals surface area contributed by atoms with Gasteiger partial charge in [0, 0.05) is 45.9 Å². The van der Waals surface area contributed by atoms with Gasteiger partial charge in [-0.15, -0.1) is 0 Å². The number of nitrogens with zero attached hydrogens (tertiary/aromatic N) is 7. The van der Waals surface area contributed by atoms with Crippen molar-refractivity contribution in [3.63, 3.8) is 0 Å². The van der Waals surface area contributed by atoms with Crippen LogP contribution in [-0.2, 0) is 30.8 Å². The molecule has 42 heavy (non-hydrogen) atoms. The number of aromatic nitrogens is 3. The lowest BCUT2D eigenvalue weighted by molar-refractivity contribution is -0.0592. The molecular formula is C32H33N7O3. The van der Waals surface area contributed by atoms with Gasteiger partial charge in [-0.1, -0.05) is 18.2 Å². The number of ether oxygens (including phenoxy) is 1. The molecule has 1 atom stereocenters. The Morgan fingerprint density at radius 1 is 1.00 bits per heavy atom. The summed E-state index contributed by atoms with van der Waals surface area (Å²) in [5, 5.41) is 19.0. The monoisotopic (exact) mass is 563 g/mol. The molecule has 2 saturated heterocycles. The molecule has 2 fully saturated rings. The molecule has 3 aliphatic heterocycles. The molecule has 2 aromatic carbocycles. The van der Waals surface area contributed by atoms with Crippen molar-refractivity contribution in [2.45, 2.75) is 38.6 Å². The fourth-order valence-corrected chi connectivity index (χ4v) is 6.27. The van der Waals surface area contributed by atoms with Crippen LogP contribution in [0, 0.1) is 11.3 Å². The zero-order chi connectivity index (χ0) is 28.6. The molecule has 3 aliphatic rings. The zero-order valence-corrected chi connectivity index (χ0v) is 23.4. The van der Waals surface area contributed by atoms with Crippen LogP contribution in [0.5, 0.6) is 0 Å². The number of fused-ring (bicyclic) bond motifs is 2. The molecule has 4 aromatic rings. The van der Waals surface area contributed by atoms with E-state index in [0.717, 1.165) is 92.8 Å². The minimum absolute atomic E-state index is 0.145. The number of carboxylic acid groups (broad SMARTS) is 1. The van der Waals surface area contributed by atoms with E-state index < -0.39 is 5.97 Å². The summed E-state index contributed by atoms with van der Waals surface area (Å²) in [5.41, 5.74) is 5.09. The molecule has 2 aromatic heterocycles. The van der Waals surface area contributed by atoms with Crippen LogP contribution in [0.4, 0.5) is 11.6 Å². The summed E-state index contributed by atoms with van der Waals surface area (Å²) in [5.74, 6) is 1.97. The third kappa shape index (κ3) is 5.06. The van der Waals surface area contributed by atoms with E-state index in [4.69, 9.17) is 14.7 Å². The van der Waals surface area contributed by atoms with Gasteiger partial charge in [0.05, 0.1) is 47.4 Å². The lowest BCUT2D eigenvalue weighted by Gasteiger charge is -2.36. The Bertz CT molecular complexity index is 1680. The topological polar surface area (TPSA) is 111 Å². The maximum absolute atomic E-state index is 11.6. The molecule has 7 rings (SSSR count). The van der Waals surface area contributed by atoms with Crippen LogP contribution in [-0.4, -0.2) is 75.9 Å². The Kier molecular flexibility index (Phi) is 6.98. The summed E-state index contributed by atoms with van der Waals surface area (Å²) >= 11 is 0. The highest BCUT2D eigenvalue weighted by atomic mass is 16.5. The minimum Gasteiger partial charge on any atom is -0.478 e. The summed E-state index contributed by atoms with van der Waals surface area (Å²) in [7, 11) is 0. The van der Waals surface area contributed by atoms with Crippen LogP contribution >= 0.6 is 0 Å². The molecule has 5 heterocycles. The molecule has 0 amide bonds. The second kappa shape index (κ2) is 11.1. The average Bonchev–Trinajstić information content (AvgIpc) is 3.34. The second-order valence-corrected chi connectivity index (χ2v) is 11.3. The van der Waals surface area contributed by atoms with Crippen molar-refractivity contribution in [2.24, 2.45) is 0 Å². The van der Waals surface area contributed by atoms with Crippen molar-refractivity contribution in [1.82, 2.24) is 19.4 Å². The van der Waals surface area contributed by atoms with Crippen LogP contribution in [0.3, 0.4) is 0 Å². The van der Waals surface area contributed by atoms with Crippen molar-refractivity contribution >= 4 is 28.6 Å². The SMILES string of the molecule is N#Cc1cccc2c1CCN(c1cccc(N3CCN(Cc4nc5ccc(C(=O)O)cc5n4C[C@@H]4CCO4)CC3)n1)C2. The molecule has 0 unspecified atom stereocenters. The smallest absolute Gasteiger partial charge is 0.335 e. The number of benzene rings is 2. The molecule has 0 saturated carbocycles. The molecule has 0 radical (unpaired) electrons. The molecule has 0 spiro atoms. The standard InChI is InChI=1S/C32H33N7O3/c33-18-23-3-1-4-24-19-38(11-9-26(23)24)30-6-2-5-29(35-30)37-14-12-36(13-15-37)21-31-34-27-8-7-22(32(40)41)17-28(27)39(31)20-25-10-16-42-25/h1-8,17,25H,9-16,19-21H2,(H,40,41)/t25-/m0/s1. The van der Waals surface area contributed by atoms with Gasteiger partial charge in [0.1, 0.15) is 17.5 Å². The van der Waals surface area contributed by atoms with Gasteiger partial charge < -0.3 is 24.2 Å². The minimum atomic E-state index is -0.932. The number of piperazine rings is 1. The number of pyridine rings is 1. The predicted octanol–water partition coefficient (Wildman–Crippen LogP) is 3.67. The quantitative estimate of drug-likeness (QED) is 0.360. The highest BCUT2D eigenvalue weighted by Gasteiger charge is 2.26. The summed E-state index contributed by atoms with van der Waals surface area (Å²) in [4.78, 5) is 28.6. The highest BCUT2D eigenvalue weighted by molar-refractivity contribution is 5.92. The Morgan fingerprint density at radius 3 is 2.52 bits per heavy atom. The van der Waals surface area contributed by atoms with E-state index in [1.54, 1.807) is 18.2 Å². The van der Waals surface area contributed by atoms with Gasteiger partial charge in [0.2, 0.25) is 0 Å². The number of hydrogen-bond acceptors (Lipinski definition) is 8. The third-order valence-electron chi connectivity index (χ3n) is 8.75. The Labute approximate surface area is 244 Å². The van der Waals surface area contributed by atoms with Crippen molar-refractivity contribution in [2.75, 3.05) is 49.1 Å². The van der Waals surface area contributed by atoms with Crippen molar-refractivity contribution in [3.8, 4) is 6.07 Å². The van der Waals surface area contributed by atoms with Crippen LogP contribution in [0.2, 0.25) is 0 Å². The van der Waals surface area contributed by atoms with Crippen molar-refractivity contribution in [3.05, 3.63) is 82.7 Å². The molecule has 0 aliphatic carbocycles. The summed E-state index contributed by atoms with van der Waals surface area (Å²) in [6.07, 6.45) is 2.00. The van der Waals surface area contributed by atoms with Gasteiger partial charge in [0.25, 0.3) is 0 Å². The number of anilines is 2. The van der Waals surface area contributed by atoms with Gasteiger partial charge in [-0.05, 0) is 60.4 Å². The zero-order valence-electron chi connectivity index (χ0n) is 23.4. The molecule has 214 valence electrons. The normalized spacial score (nSPS) is 18.9. The van der Waals surface area contributed by atoms with Gasteiger partial charge in [0.15, 0.2) is 0 Å². The first-order chi connectivity index (χ1) is 20.6. The van der Waals surface area contributed by atoms with Gasteiger partial charge in [-0.2, -0.15) is 5.26 Å². The van der Waals surface area contributed by atoms with E-state index in [0.29, 0.717) is 13.1 Å². The number of aromatic carboxylic acids is 1. The second-order valence-electron chi connectivity index (χ2n) is 11.3. The number of imidazole rings is 1. The molecule has 1 N–H and O–H groups in total. The fourth-order valence-electron chi connectivity index (χ4n) is 6.27. The number of hydrogen-bond donors (Lipinski definition) is 1. The first-order valence-corrected chi connectivity index (χ1v) is 14.6.